The zero-order chi connectivity index (χ0) is 14.1. The number of anilines is 2. The Hall–Kier alpha value is -1.43. The number of nitrogens with two attached hydrogens (primary N) is 1. The van der Waals surface area contributed by atoms with Gasteiger partial charge in [-0.25, -0.2) is 0 Å². The molecule has 0 saturated carbocycles. The third kappa shape index (κ3) is 3.53. The molecular weight excluding hydrogens is 243 g/mol. The highest BCUT2D eigenvalue weighted by Gasteiger charge is 2.34. The molecule has 0 aliphatic carbocycles. The SMILES string of the molecule is CC(Nc1ccc(N)cc1C(F)(F)F)[N+](C)(C)C. The normalized spacial score (nSPS) is 14.4. The standard InChI is InChI=1S/C12H19F3N3/c1-8(18(2,3)4)17-11-6-5-9(16)7-10(11)12(13,14)15/h5-8,17H,16H2,1-4H3/q+1. The number of benzene rings is 1. The van der Waals surface area contributed by atoms with Crippen molar-refractivity contribution in [3.05, 3.63) is 23.8 Å². The number of alkyl halides is 3. The van der Waals surface area contributed by atoms with Gasteiger partial charge in [0.2, 0.25) is 0 Å². The molecule has 0 saturated heterocycles. The molecule has 0 aliphatic rings. The Morgan fingerprint density at radius 2 is 1.78 bits per heavy atom. The minimum Gasteiger partial charge on any atom is -0.399 e. The van der Waals surface area contributed by atoms with Crippen LogP contribution in [0.2, 0.25) is 0 Å². The maximum absolute atomic E-state index is 12.9. The molecule has 0 amide bonds. The lowest BCUT2D eigenvalue weighted by molar-refractivity contribution is -0.890. The van der Waals surface area contributed by atoms with Gasteiger partial charge in [0, 0.05) is 12.6 Å². The summed E-state index contributed by atoms with van der Waals surface area (Å²) in [7, 11) is 5.71. The third-order valence-electron chi connectivity index (χ3n) is 2.88. The minimum absolute atomic E-state index is 0.0530. The van der Waals surface area contributed by atoms with Crippen molar-refractivity contribution >= 4 is 11.4 Å². The molecule has 0 bridgehead atoms. The number of hydrogen-bond acceptors (Lipinski definition) is 2. The smallest absolute Gasteiger partial charge is 0.399 e. The summed E-state index contributed by atoms with van der Waals surface area (Å²) in [6.45, 7) is 1.83. The Morgan fingerprint density at radius 3 is 2.22 bits per heavy atom. The lowest BCUT2D eigenvalue weighted by atomic mass is 10.1. The van der Waals surface area contributed by atoms with Crippen molar-refractivity contribution in [3.8, 4) is 0 Å². The first-order valence-electron chi connectivity index (χ1n) is 5.56. The summed E-state index contributed by atoms with van der Waals surface area (Å²) < 4.78 is 39.1. The molecular formula is C12H19F3N3+. The van der Waals surface area contributed by atoms with E-state index in [2.05, 4.69) is 5.32 Å². The van der Waals surface area contributed by atoms with Crippen LogP contribution < -0.4 is 11.1 Å². The van der Waals surface area contributed by atoms with E-state index in [0.29, 0.717) is 4.48 Å². The first kappa shape index (κ1) is 14.6. The molecule has 1 atom stereocenters. The third-order valence-corrected chi connectivity index (χ3v) is 2.88. The van der Waals surface area contributed by atoms with E-state index in [9.17, 15) is 13.2 Å². The highest BCUT2D eigenvalue weighted by molar-refractivity contribution is 5.59. The van der Waals surface area contributed by atoms with Crippen molar-refractivity contribution in [3.63, 3.8) is 0 Å². The molecule has 1 rings (SSSR count). The fourth-order valence-electron chi connectivity index (χ4n) is 1.34. The Bertz CT molecular complexity index is 422. The number of nitrogens with one attached hydrogen (secondary N) is 1. The summed E-state index contributed by atoms with van der Waals surface area (Å²) >= 11 is 0. The van der Waals surface area contributed by atoms with Crippen LogP contribution in [0.3, 0.4) is 0 Å². The van der Waals surface area contributed by atoms with E-state index < -0.39 is 11.7 Å². The topological polar surface area (TPSA) is 38.0 Å². The van der Waals surface area contributed by atoms with Crippen LogP contribution in [0.5, 0.6) is 0 Å². The van der Waals surface area contributed by atoms with Gasteiger partial charge in [-0.1, -0.05) is 0 Å². The average Bonchev–Trinajstić information content (AvgIpc) is 2.17. The monoisotopic (exact) mass is 262 g/mol. The van der Waals surface area contributed by atoms with Gasteiger partial charge < -0.3 is 15.5 Å². The van der Waals surface area contributed by atoms with Crippen LogP contribution in [0.1, 0.15) is 12.5 Å². The molecule has 3 N–H and O–H groups in total. The first-order valence-corrected chi connectivity index (χ1v) is 5.56. The Morgan fingerprint density at radius 1 is 1.22 bits per heavy atom. The predicted molar refractivity (Wildman–Crippen MR) is 67.0 cm³/mol. The molecule has 1 aromatic rings. The van der Waals surface area contributed by atoms with E-state index in [0.717, 1.165) is 6.07 Å². The second kappa shape index (κ2) is 4.68. The first-order chi connectivity index (χ1) is 8.01. The van der Waals surface area contributed by atoms with Gasteiger partial charge in [0.25, 0.3) is 0 Å². The largest absolute Gasteiger partial charge is 0.418 e. The van der Waals surface area contributed by atoms with E-state index in [-0.39, 0.29) is 17.5 Å². The second-order valence-corrected chi connectivity index (χ2v) is 5.24. The van der Waals surface area contributed by atoms with E-state index in [1.165, 1.54) is 12.1 Å². The molecule has 0 aromatic heterocycles. The fourth-order valence-corrected chi connectivity index (χ4v) is 1.34. The van der Waals surface area contributed by atoms with Crippen LogP contribution in [0.4, 0.5) is 24.5 Å². The summed E-state index contributed by atoms with van der Waals surface area (Å²) in [5.74, 6) is 0. The lowest BCUT2D eigenvalue weighted by Crippen LogP contribution is -2.47. The van der Waals surface area contributed by atoms with E-state index in [4.69, 9.17) is 5.73 Å². The van der Waals surface area contributed by atoms with Crippen molar-refractivity contribution in [2.24, 2.45) is 0 Å². The molecule has 18 heavy (non-hydrogen) atoms. The van der Waals surface area contributed by atoms with Gasteiger partial charge in [0.05, 0.1) is 32.4 Å². The summed E-state index contributed by atoms with van der Waals surface area (Å²) in [5.41, 5.74) is 4.83. The number of halogens is 3. The van der Waals surface area contributed by atoms with E-state index in [1.54, 1.807) is 0 Å². The maximum atomic E-state index is 12.9. The van der Waals surface area contributed by atoms with Gasteiger partial charge in [-0.2, -0.15) is 13.2 Å². The van der Waals surface area contributed by atoms with E-state index in [1.807, 2.05) is 28.1 Å². The second-order valence-electron chi connectivity index (χ2n) is 5.24. The predicted octanol–water partition coefficient (Wildman–Crippen LogP) is 2.75. The molecule has 102 valence electrons. The van der Waals surface area contributed by atoms with Crippen molar-refractivity contribution < 1.29 is 17.7 Å². The Kier molecular flexibility index (Phi) is 3.81. The van der Waals surface area contributed by atoms with Gasteiger partial charge in [-0.05, 0) is 18.2 Å². The quantitative estimate of drug-likeness (QED) is 0.499. The molecule has 0 aliphatic heterocycles. The summed E-state index contributed by atoms with van der Waals surface area (Å²) in [4.78, 5) is 0. The van der Waals surface area contributed by atoms with Crippen molar-refractivity contribution in [2.45, 2.75) is 19.3 Å². The lowest BCUT2D eigenvalue weighted by Gasteiger charge is -2.33. The van der Waals surface area contributed by atoms with Crippen molar-refractivity contribution in [1.82, 2.24) is 0 Å². The molecule has 0 fully saturated rings. The Balaban J connectivity index is 3.10. The molecule has 6 heteroatoms. The summed E-state index contributed by atoms with van der Waals surface area (Å²) in [6, 6.07) is 3.77. The molecule has 0 heterocycles. The number of nitrogen functional groups attached to an aromatic ring is 1. The van der Waals surface area contributed by atoms with Crippen LogP contribution in [0.15, 0.2) is 18.2 Å². The minimum atomic E-state index is -4.41. The summed E-state index contributed by atoms with van der Waals surface area (Å²) in [6.07, 6.45) is -4.57. The van der Waals surface area contributed by atoms with Crippen LogP contribution in [0, 0.1) is 0 Å². The van der Waals surface area contributed by atoms with Crippen LogP contribution in [-0.2, 0) is 6.18 Å². The molecule has 0 spiro atoms. The van der Waals surface area contributed by atoms with E-state index >= 15 is 0 Å². The number of nitrogens with zero attached hydrogens (tertiary/aromatic N) is 1. The Labute approximate surface area is 105 Å². The zero-order valence-corrected chi connectivity index (χ0v) is 11.0. The number of rotatable bonds is 3. The van der Waals surface area contributed by atoms with Crippen LogP contribution in [-0.4, -0.2) is 31.8 Å². The number of quaternary nitrogens is 1. The molecule has 1 unspecified atom stereocenters. The highest BCUT2D eigenvalue weighted by atomic mass is 19.4. The van der Waals surface area contributed by atoms with Crippen LogP contribution >= 0.6 is 0 Å². The number of hydrogen-bond donors (Lipinski definition) is 2. The van der Waals surface area contributed by atoms with Gasteiger partial charge in [-0.3, -0.25) is 0 Å². The van der Waals surface area contributed by atoms with Gasteiger partial charge in [0.1, 0.15) is 0 Å². The zero-order valence-electron chi connectivity index (χ0n) is 11.0. The van der Waals surface area contributed by atoms with Gasteiger partial charge in [-0.15, -0.1) is 0 Å². The average molecular weight is 262 g/mol. The van der Waals surface area contributed by atoms with Crippen molar-refractivity contribution in [2.75, 3.05) is 32.2 Å². The fraction of sp³-hybridized carbons (Fsp3) is 0.500. The van der Waals surface area contributed by atoms with Gasteiger partial charge in [0.15, 0.2) is 6.17 Å². The van der Waals surface area contributed by atoms with Crippen LogP contribution in [0.25, 0.3) is 0 Å². The molecule has 1 aromatic carbocycles. The highest BCUT2D eigenvalue weighted by Crippen LogP contribution is 2.36. The van der Waals surface area contributed by atoms with Crippen molar-refractivity contribution in [1.29, 1.82) is 0 Å². The molecule has 3 nitrogen and oxygen atoms in total. The maximum Gasteiger partial charge on any atom is 0.418 e. The molecule has 0 radical (unpaired) electrons. The summed E-state index contributed by atoms with van der Waals surface area (Å²) in [5, 5.41) is 2.88. The van der Waals surface area contributed by atoms with Gasteiger partial charge >= 0.3 is 6.18 Å².